The molecule has 3 aliphatic rings. The predicted octanol–water partition coefficient (Wildman–Crippen LogP) is 3.18. The minimum atomic E-state index is 0.0195. The summed E-state index contributed by atoms with van der Waals surface area (Å²) in [5, 5.41) is 4.53. The number of anilines is 1. The number of rotatable bonds is 5. The zero-order valence-electron chi connectivity index (χ0n) is 17.6. The van der Waals surface area contributed by atoms with E-state index in [0.29, 0.717) is 6.04 Å². The molecule has 2 aromatic rings. The van der Waals surface area contributed by atoms with E-state index in [0.717, 1.165) is 60.5 Å². The molecule has 5 rings (SSSR count). The average molecular weight is 409 g/mol. The number of aromatic nitrogens is 2. The van der Waals surface area contributed by atoms with Crippen molar-refractivity contribution in [2.24, 2.45) is 0 Å². The second-order valence-corrected chi connectivity index (χ2v) is 8.68. The largest absolute Gasteiger partial charge is 0.483 e. The summed E-state index contributed by atoms with van der Waals surface area (Å²) >= 11 is 0. The van der Waals surface area contributed by atoms with Gasteiger partial charge in [0.05, 0.1) is 17.9 Å². The molecule has 2 fully saturated rings. The lowest BCUT2D eigenvalue weighted by Gasteiger charge is -2.36. The molecule has 0 unspecified atom stereocenters. The van der Waals surface area contributed by atoms with Gasteiger partial charge in [-0.3, -0.25) is 14.3 Å². The molecule has 0 bridgehead atoms. The van der Waals surface area contributed by atoms with Crippen LogP contribution in [0.2, 0.25) is 0 Å². The standard InChI is InChI=1S/C23H28N4O3/c1-15-4-7-20-21(27(15)16(2)28)9-8-19(17-12-24-26(13-17)18-5-6-18)23(20)30-14-22(29)25-10-3-11-25/h8-9,12-13,15,18H,3-7,10-11,14H2,1-2H3/t15-/m0/s1. The molecule has 3 heterocycles. The van der Waals surface area contributed by atoms with Crippen LogP contribution in [0.15, 0.2) is 24.5 Å². The Bertz CT molecular complexity index is 990. The van der Waals surface area contributed by atoms with Gasteiger partial charge in [0.15, 0.2) is 6.61 Å². The highest BCUT2D eigenvalue weighted by Gasteiger charge is 2.31. The van der Waals surface area contributed by atoms with E-state index in [1.807, 2.05) is 32.8 Å². The lowest BCUT2D eigenvalue weighted by molar-refractivity contribution is -0.136. The van der Waals surface area contributed by atoms with Crippen LogP contribution in [0.5, 0.6) is 5.75 Å². The van der Waals surface area contributed by atoms with Crippen molar-refractivity contribution in [3.8, 4) is 16.9 Å². The first-order chi connectivity index (χ1) is 14.5. The van der Waals surface area contributed by atoms with Gasteiger partial charge in [0, 0.05) is 48.9 Å². The van der Waals surface area contributed by atoms with Gasteiger partial charge < -0.3 is 14.5 Å². The monoisotopic (exact) mass is 408 g/mol. The quantitative estimate of drug-likeness (QED) is 0.762. The summed E-state index contributed by atoms with van der Waals surface area (Å²) in [6.45, 7) is 5.33. The van der Waals surface area contributed by atoms with E-state index in [2.05, 4.69) is 18.2 Å². The van der Waals surface area contributed by atoms with Crippen molar-refractivity contribution in [3.05, 3.63) is 30.1 Å². The second-order valence-electron chi connectivity index (χ2n) is 8.68. The number of ether oxygens (including phenoxy) is 1. The average Bonchev–Trinajstić information content (AvgIpc) is 3.41. The molecule has 7 heteroatoms. The molecular formula is C23H28N4O3. The van der Waals surface area contributed by atoms with E-state index in [1.54, 1.807) is 6.92 Å². The molecule has 1 aromatic heterocycles. The van der Waals surface area contributed by atoms with Crippen molar-refractivity contribution < 1.29 is 14.3 Å². The third-order valence-electron chi connectivity index (χ3n) is 6.47. The first-order valence-electron chi connectivity index (χ1n) is 10.9. The van der Waals surface area contributed by atoms with E-state index in [4.69, 9.17) is 4.74 Å². The van der Waals surface area contributed by atoms with Crippen LogP contribution in [0.3, 0.4) is 0 Å². The zero-order chi connectivity index (χ0) is 20.8. The first-order valence-corrected chi connectivity index (χ1v) is 10.9. The lowest BCUT2D eigenvalue weighted by atomic mass is 9.92. The lowest BCUT2D eigenvalue weighted by Crippen LogP contribution is -2.44. The SMILES string of the molecule is CC(=O)N1c2ccc(-c3cnn(C4CC4)c3)c(OCC(=O)N3CCC3)c2CC[C@@H]1C. The second kappa shape index (κ2) is 7.45. The van der Waals surface area contributed by atoms with E-state index < -0.39 is 0 Å². The number of benzene rings is 1. The zero-order valence-corrected chi connectivity index (χ0v) is 17.6. The van der Waals surface area contributed by atoms with Gasteiger partial charge in [-0.1, -0.05) is 0 Å². The molecule has 2 aliphatic heterocycles. The molecule has 0 radical (unpaired) electrons. The van der Waals surface area contributed by atoms with E-state index in [9.17, 15) is 9.59 Å². The molecule has 1 saturated carbocycles. The van der Waals surface area contributed by atoms with E-state index in [-0.39, 0.29) is 24.5 Å². The van der Waals surface area contributed by atoms with Gasteiger partial charge in [-0.2, -0.15) is 5.10 Å². The summed E-state index contributed by atoms with van der Waals surface area (Å²) in [5.74, 6) is 0.765. The van der Waals surface area contributed by atoms with Crippen molar-refractivity contribution in [1.29, 1.82) is 0 Å². The number of amides is 2. The number of hydrogen-bond donors (Lipinski definition) is 0. The van der Waals surface area contributed by atoms with Gasteiger partial charge in [-0.05, 0) is 51.2 Å². The Balaban J connectivity index is 1.53. The van der Waals surface area contributed by atoms with Crippen LogP contribution in [-0.4, -0.2) is 52.2 Å². The predicted molar refractivity (Wildman–Crippen MR) is 114 cm³/mol. The Morgan fingerprint density at radius 2 is 2.00 bits per heavy atom. The molecule has 7 nitrogen and oxygen atoms in total. The van der Waals surface area contributed by atoms with Gasteiger partial charge in [0.2, 0.25) is 5.91 Å². The highest BCUT2D eigenvalue weighted by molar-refractivity contribution is 5.95. The first kappa shape index (κ1) is 19.2. The summed E-state index contributed by atoms with van der Waals surface area (Å²) in [6, 6.07) is 4.67. The van der Waals surface area contributed by atoms with Crippen molar-refractivity contribution in [1.82, 2.24) is 14.7 Å². The van der Waals surface area contributed by atoms with Gasteiger partial charge in [0.1, 0.15) is 5.75 Å². The maximum absolute atomic E-state index is 12.5. The molecule has 158 valence electrons. The number of nitrogens with zero attached hydrogens (tertiary/aromatic N) is 4. The summed E-state index contributed by atoms with van der Waals surface area (Å²) in [5.41, 5.74) is 3.83. The summed E-state index contributed by atoms with van der Waals surface area (Å²) in [6.07, 6.45) is 9.03. The summed E-state index contributed by atoms with van der Waals surface area (Å²) < 4.78 is 8.21. The van der Waals surface area contributed by atoms with Crippen LogP contribution in [-0.2, 0) is 16.0 Å². The van der Waals surface area contributed by atoms with Crippen LogP contribution in [0, 0.1) is 0 Å². The van der Waals surface area contributed by atoms with E-state index >= 15 is 0 Å². The van der Waals surface area contributed by atoms with Crippen LogP contribution in [0.4, 0.5) is 5.69 Å². The minimum Gasteiger partial charge on any atom is -0.483 e. The number of carbonyl (C=O) groups excluding carboxylic acids is 2. The van der Waals surface area contributed by atoms with Gasteiger partial charge in [-0.25, -0.2) is 0 Å². The van der Waals surface area contributed by atoms with E-state index in [1.165, 1.54) is 12.8 Å². The summed E-state index contributed by atoms with van der Waals surface area (Å²) in [7, 11) is 0. The molecule has 1 atom stereocenters. The van der Waals surface area contributed by atoms with Crippen molar-refractivity contribution >= 4 is 17.5 Å². The number of likely N-dealkylation sites (tertiary alicyclic amines) is 1. The smallest absolute Gasteiger partial charge is 0.260 e. The molecule has 1 saturated heterocycles. The number of fused-ring (bicyclic) bond motifs is 1. The minimum absolute atomic E-state index is 0.0195. The molecule has 30 heavy (non-hydrogen) atoms. The molecule has 0 N–H and O–H groups in total. The maximum atomic E-state index is 12.5. The van der Waals surface area contributed by atoms with Gasteiger partial charge in [-0.15, -0.1) is 0 Å². The van der Waals surface area contributed by atoms with Gasteiger partial charge in [0.25, 0.3) is 5.91 Å². The topological polar surface area (TPSA) is 67.7 Å². The molecular weight excluding hydrogens is 380 g/mol. The normalized spacial score (nSPS) is 20.5. The highest BCUT2D eigenvalue weighted by atomic mass is 16.5. The van der Waals surface area contributed by atoms with Crippen LogP contribution < -0.4 is 9.64 Å². The van der Waals surface area contributed by atoms with Crippen molar-refractivity contribution in [2.45, 2.75) is 58.0 Å². The fraction of sp³-hybridized carbons (Fsp3) is 0.522. The Morgan fingerprint density at radius 1 is 1.20 bits per heavy atom. The van der Waals surface area contributed by atoms with Crippen LogP contribution in [0.1, 0.15) is 51.1 Å². The van der Waals surface area contributed by atoms with Crippen molar-refractivity contribution in [3.63, 3.8) is 0 Å². The highest BCUT2D eigenvalue weighted by Crippen LogP contribution is 2.44. The van der Waals surface area contributed by atoms with Crippen molar-refractivity contribution in [2.75, 3.05) is 24.6 Å². The molecule has 1 aromatic carbocycles. The Hall–Kier alpha value is -2.83. The number of carbonyl (C=O) groups is 2. The number of hydrogen-bond acceptors (Lipinski definition) is 4. The van der Waals surface area contributed by atoms with Crippen LogP contribution in [0.25, 0.3) is 11.1 Å². The fourth-order valence-corrected chi connectivity index (χ4v) is 4.48. The fourth-order valence-electron chi connectivity index (χ4n) is 4.48. The Labute approximate surface area is 176 Å². The molecule has 1 aliphatic carbocycles. The third kappa shape index (κ3) is 3.36. The maximum Gasteiger partial charge on any atom is 0.260 e. The Kier molecular flexibility index (Phi) is 4.76. The Morgan fingerprint density at radius 3 is 2.67 bits per heavy atom. The third-order valence-corrected chi connectivity index (χ3v) is 6.47. The molecule has 2 amide bonds. The summed E-state index contributed by atoms with van der Waals surface area (Å²) in [4.78, 5) is 28.5. The van der Waals surface area contributed by atoms with Crippen LogP contribution >= 0.6 is 0 Å². The molecule has 0 spiro atoms. The van der Waals surface area contributed by atoms with Gasteiger partial charge >= 0.3 is 0 Å².